The lowest BCUT2D eigenvalue weighted by Crippen LogP contribution is -2.49. The lowest BCUT2D eigenvalue weighted by molar-refractivity contribution is -0.134. The maximum Gasteiger partial charge on any atom is 0.254 e. The number of carbonyl (C=O) groups excluding carboxylic acids is 2. The van der Waals surface area contributed by atoms with Crippen LogP contribution in [0.1, 0.15) is 58.2 Å². The predicted molar refractivity (Wildman–Crippen MR) is 135 cm³/mol. The first-order valence-electron chi connectivity index (χ1n) is 11.4. The fraction of sp³-hybridized carbons (Fsp3) is 0.333. The van der Waals surface area contributed by atoms with Gasteiger partial charge in [-0.25, -0.2) is 0 Å². The summed E-state index contributed by atoms with van der Waals surface area (Å²) in [5.74, 6) is -0.198. The van der Waals surface area contributed by atoms with Gasteiger partial charge in [0.15, 0.2) is 0 Å². The van der Waals surface area contributed by atoms with E-state index < -0.39 is 0 Å². The molecule has 2 aromatic carbocycles. The number of carbonyl (C=O) groups is 2. The van der Waals surface area contributed by atoms with E-state index in [1.54, 1.807) is 40.5 Å². The van der Waals surface area contributed by atoms with Crippen LogP contribution in [0, 0.1) is 6.92 Å². The minimum Gasteiger partial charge on any atom is -0.330 e. The quantitative estimate of drug-likeness (QED) is 0.426. The van der Waals surface area contributed by atoms with Gasteiger partial charge < -0.3 is 9.80 Å². The molecule has 0 fully saturated rings. The maximum absolute atomic E-state index is 13.8. The summed E-state index contributed by atoms with van der Waals surface area (Å²) < 4.78 is 0. The highest BCUT2D eigenvalue weighted by Gasteiger charge is 2.35. The first kappa shape index (κ1) is 23.5. The molecule has 3 aromatic rings. The molecule has 1 aliphatic rings. The van der Waals surface area contributed by atoms with Crippen LogP contribution in [0.3, 0.4) is 0 Å². The van der Waals surface area contributed by atoms with E-state index in [9.17, 15) is 9.59 Å². The topological polar surface area (TPSA) is 40.6 Å². The standard InChI is InChI=1S/C27H29ClN2O2S/c1-4-19(3)30(27(32)20-9-7-10-21(28)16-20)17-25(31)29-14-12-24-23(13-15-33-24)26(29)22-11-6-5-8-18(22)2/h5-11,13,15-16,19,26H,4,12,14,17H2,1-3H3. The van der Waals surface area contributed by atoms with Gasteiger partial charge in [-0.3, -0.25) is 9.59 Å². The lowest BCUT2D eigenvalue weighted by atomic mass is 9.90. The second-order valence-electron chi connectivity index (χ2n) is 8.60. The molecule has 0 aliphatic carbocycles. The zero-order valence-corrected chi connectivity index (χ0v) is 20.8. The number of hydrogen-bond donors (Lipinski definition) is 0. The summed E-state index contributed by atoms with van der Waals surface area (Å²) in [6.45, 7) is 6.80. The summed E-state index contributed by atoms with van der Waals surface area (Å²) in [6.07, 6.45) is 1.60. The minimum atomic E-state index is -0.166. The van der Waals surface area contributed by atoms with Gasteiger partial charge in [0, 0.05) is 28.0 Å². The van der Waals surface area contributed by atoms with E-state index >= 15 is 0 Å². The number of halogens is 1. The van der Waals surface area contributed by atoms with Gasteiger partial charge in [-0.2, -0.15) is 0 Å². The van der Waals surface area contributed by atoms with Crippen molar-refractivity contribution in [3.63, 3.8) is 0 Å². The number of hydrogen-bond acceptors (Lipinski definition) is 3. The molecular formula is C27H29ClN2O2S. The van der Waals surface area contributed by atoms with E-state index in [2.05, 4.69) is 30.5 Å². The van der Waals surface area contributed by atoms with Crippen LogP contribution in [0.15, 0.2) is 60.0 Å². The highest BCUT2D eigenvalue weighted by atomic mass is 35.5. The van der Waals surface area contributed by atoms with Crippen LogP contribution in [0.4, 0.5) is 0 Å². The van der Waals surface area contributed by atoms with Gasteiger partial charge in [0.25, 0.3) is 5.91 Å². The van der Waals surface area contributed by atoms with Gasteiger partial charge in [-0.05, 0) is 73.0 Å². The molecule has 1 aromatic heterocycles. The Morgan fingerprint density at radius 3 is 2.67 bits per heavy atom. The zero-order valence-electron chi connectivity index (χ0n) is 19.3. The molecule has 0 radical (unpaired) electrons. The third kappa shape index (κ3) is 4.85. The van der Waals surface area contributed by atoms with Crippen molar-refractivity contribution < 1.29 is 9.59 Å². The number of nitrogens with zero attached hydrogens (tertiary/aromatic N) is 2. The third-order valence-corrected chi connectivity index (χ3v) is 7.76. The Labute approximate surface area is 204 Å². The van der Waals surface area contributed by atoms with Crippen LogP contribution in [0.25, 0.3) is 0 Å². The summed E-state index contributed by atoms with van der Waals surface area (Å²) in [5, 5.41) is 2.62. The first-order valence-corrected chi connectivity index (χ1v) is 12.6. The van der Waals surface area contributed by atoms with Crippen molar-refractivity contribution in [1.29, 1.82) is 0 Å². The molecule has 0 bridgehead atoms. The van der Waals surface area contributed by atoms with E-state index in [0.717, 1.165) is 24.0 Å². The van der Waals surface area contributed by atoms with Crippen molar-refractivity contribution >= 4 is 34.8 Å². The second kappa shape index (κ2) is 10.1. The summed E-state index contributed by atoms with van der Waals surface area (Å²) in [4.78, 5) is 32.1. The molecule has 0 saturated carbocycles. The van der Waals surface area contributed by atoms with Crippen LogP contribution in [-0.4, -0.2) is 40.7 Å². The van der Waals surface area contributed by atoms with Crippen molar-refractivity contribution in [2.24, 2.45) is 0 Å². The average Bonchev–Trinajstić information content (AvgIpc) is 3.30. The number of benzene rings is 2. The molecule has 4 rings (SSSR count). The highest BCUT2D eigenvalue weighted by Crippen LogP contribution is 2.39. The Balaban J connectivity index is 1.66. The molecule has 0 N–H and O–H groups in total. The second-order valence-corrected chi connectivity index (χ2v) is 10.0. The van der Waals surface area contributed by atoms with Gasteiger partial charge in [0.2, 0.25) is 5.91 Å². The van der Waals surface area contributed by atoms with Crippen LogP contribution in [0.5, 0.6) is 0 Å². The van der Waals surface area contributed by atoms with E-state index in [1.165, 1.54) is 10.4 Å². The molecule has 0 spiro atoms. The van der Waals surface area contributed by atoms with Gasteiger partial charge in [0.1, 0.15) is 6.54 Å². The monoisotopic (exact) mass is 480 g/mol. The Kier molecular flexibility index (Phi) is 7.20. The number of fused-ring (bicyclic) bond motifs is 1. The Morgan fingerprint density at radius 2 is 1.94 bits per heavy atom. The summed E-state index contributed by atoms with van der Waals surface area (Å²) in [6, 6.07) is 17.1. The van der Waals surface area contributed by atoms with Crippen molar-refractivity contribution in [2.75, 3.05) is 13.1 Å². The zero-order chi connectivity index (χ0) is 23.5. The molecule has 2 heterocycles. The average molecular weight is 481 g/mol. The molecule has 4 nitrogen and oxygen atoms in total. The Bertz CT molecular complexity index is 1160. The lowest BCUT2D eigenvalue weighted by Gasteiger charge is -2.39. The molecule has 2 atom stereocenters. The van der Waals surface area contributed by atoms with Gasteiger partial charge in [0.05, 0.1) is 6.04 Å². The summed E-state index contributed by atoms with van der Waals surface area (Å²) in [5.41, 5.74) is 4.00. The smallest absolute Gasteiger partial charge is 0.254 e. The van der Waals surface area contributed by atoms with Gasteiger partial charge in [-0.1, -0.05) is 48.9 Å². The number of aryl methyl sites for hydroxylation is 1. The number of amides is 2. The van der Waals surface area contributed by atoms with Crippen LogP contribution < -0.4 is 0 Å². The molecule has 172 valence electrons. The number of thiophene rings is 1. The van der Waals surface area contributed by atoms with E-state index in [4.69, 9.17) is 11.6 Å². The van der Waals surface area contributed by atoms with E-state index in [-0.39, 0.29) is 30.4 Å². The minimum absolute atomic E-state index is 0.0317. The molecule has 1 aliphatic heterocycles. The van der Waals surface area contributed by atoms with Crippen LogP contribution in [-0.2, 0) is 11.2 Å². The first-order chi connectivity index (χ1) is 15.9. The van der Waals surface area contributed by atoms with Crippen LogP contribution >= 0.6 is 22.9 Å². The fourth-order valence-corrected chi connectivity index (χ4v) is 5.58. The molecule has 0 saturated heterocycles. The van der Waals surface area contributed by atoms with Crippen molar-refractivity contribution in [3.8, 4) is 0 Å². The summed E-state index contributed by atoms with van der Waals surface area (Å²) in [7, 11) is 0. The van der Waals surface area contributed by atoms with E-state index in [0.29, 0.717) is 17.1 Å². The van der Waals surface area contributed by atoms with Crippen molar-refractivity contribution in [3.05, 3.63) is 92.1 Å². The Hall–Kier alpha value is -2.63. The maximum atomic E-state index is 13.8. The molecule has 6 heteroatoms. The third-order valence-electron chi connectivity index (χ3n) is 6.53. The van der Waals surface area contributed by atoms with Crippen molar-refractivity contribution in [2.45, 2.75) is 45.7 Å². The Morgan fingerprint density at radius 1 is 1.15 bits per heavy atom. The molecular weight excluding hydrogens is 452 g/mol. The van der Waals surface area contributed by atoms with Crippen LogP contribution in [0.2, 0.25) is 5.02 Å². The van der Waals surface area contributed by atoms with E-state index in [1.807, 2.05) is 30.9 Å². The SMILES string of the molecule is CCC(C)N(CC(=O)N1CCc2sccc2C1c1ccccc1C)C(=O)c1cccc(Cl)c1. The predicted octanol–water partition coefficient (Wildman–Crippen LogP) is 6.12. The fourth-order valence-electron chi connectivity index (χ4n) is 4.49. The van der Waals surface area contributed by atoms with Crippen molar-refractivity contribution in [1.82, 2.24) is 9.80 Å². The van der Waals surface area contributed by atoms with Gasteiger partial charge in [-0.15, -0.1) is 11.3 Å². The molecule has 2 amide bonds. The molecule has 2 unspecified atom stereocenters. The molecule has 33 heavy (non-hydrogen) atoms. The normalized spacial score (nSPS) is 16.2. The number of rotatable bonds is 6. The summed E-state index contributed by atoms with van der Waals surface area (Å²) >= 11 is 7.88. The highest BCUT2D eigenvalue weighted by molar-refractivity contribution is 7.10. The largest absolute Gasteiger partial charge is 0.330 e. The van der Waals surface area contributed by atoms with Gasteiger partial charge >= 0.3 is 0 Å².